The summed E-state index contributed by atoms with van der Waals surface area (Å²) >= 11 is 0. The van der Waals surface area contributed by atoms with Crippen molar-refractivity contribution in [3.63, 3.8) is 0 Å². The van der Waals surface area contributed by atoms with Crippen LogP contribution in [0.4, 0.5) is 0 Å². The summed E-state index contributed by atoms with van der Waals surface area (Å²) in [6.45, 7) is -0.0354. The maximum absolute atomic E-state index is 9.90. The number of hydrogen-bond donors (Lipinski definition) is 0. The number of hydrogen-bond acceptors (Lipinski definition) is 5. The van der Waals surface area contributed by atoms with Gasteiger partial charge >= 0.3 is 6.01 Å². The van der Waals surface area contributed by atoms with E-state index in [-0.39, 0.29) is 12.6 Å². The Morgan fingerprint density at radius 1 is 1.50 bits per heavy atom. The molecule has 0 spiro atoms. The summed E-state index contributed by atoms with van der Waals surface area (Å²) in [5, 5.41) is 0. The molecule has 0 aliphatic heterocycles. The van der Waals surface area contributed by atoms with Crippen LogP contribution in [0.3, 0.4) is 0 Å². The average Bonchev–Trinajstić information content (AvgIpc) is 2.15. The average molecular weight is 168 g/mol. The van der Waals surface area contributed by atoms with Crippen molar-refractivity contribution in [3.05, 3.63) is 12.4 Å². The lowest BCUT2D eigenvalue weighted by Gasteiger charge is -2.00. The fraction of sp³-hybridized carbons (Fsp3) is 0.286. The lowest BCUT2D eigenvalue weighted by Crippen LogP contribution is -2.01. The Hall–Kier alpha value is -1.65. The van der Waals surface area contributed by atoms with Gasteiger partial charge in [-0.25, -0.2) is 0 Å². The number of methoxy groups -OCH3 is 1. The second-order valence-corrected chi connectivity index (χ2v) is 1.88. The molecule has 0 atom stereocenters. The van der Waals surface area contributed by atoms with Crippen LogP contribution in [0.2, 0.25) is 0 Å². The van der Waals surface area contributed by atoms with E-state index in [4.69, 9.17) is 9.47 Å². The Balaban J connectivity index is 2.58. The highest BCUT2D eigenvalue weighted by atomic mass is 16.5. The van der Waals surface area contributed by atoms with E-state index in [0.29, 0.717) is 12.0 Å². The minimum atomic E-state index is -0.0354. The Morgan fingerprint density at radius 3 is 2.67 bits per heavy atom. The van der Waals surface area contributed by atoms with E-state index >= 15 is 0 Å². The Morgan fingerprint density at radius 2 is 2.17 bits per heavy atom. The number of carbonyl (C=O) groups excluding carboxylic acids is 1. The summed E-state index contributed by atoms with van der Waals surface area (Å²) in [4.78, 5) is 17.4. The first-order chi connectivity index (χ1) is 5.86. The molecule has 0 saturated carbocycles. The summed E-state index contributed by atoms with van der Waals surface area (Å²) in [6.07, 6.45) is 3.56. The van der Waals surface area contributed by atoms with Crippen LogP contribution >= 0.6 is 0 Å². The van der Waals surface area contributed by atoms with Gasteiger partial charge in [0, 0.05) is 0 Å². The first kappa shape index (κ1) is 8.45. The maximum atomic E-state index is 9.90. The number of aromatic nitrogens is 2. The fourth-order valence-electron chi connectivity index (χ4n) is 0.593. The van der Waals surface area contributed by atoms with Gasteiger partial charge in [-0.3, -0.25) is 4.79 Å². The number of nitrogens with zero attached hydrogens (tertiary/aromatic N) is 2. The quantitative estimate of drug-likeness (QED) is 0.595. The zero-order valence-electron chi connectivity index (χ0n) is 6.56. The smallest absolute Gasteiger partial charge is 0.316 e. The van der Waals surface area contributed by atoms with E-state index in [1.54, 1.807) is 0 Å². The summed E-state index contributed by atoms with van der Waals surface area (Å²) < 4.78 is 9.63. The van der Waals surface area contributed by atoms with Crippen molar-refractivity contribution in [1.29, 1.82) is 0 Å². The SMILES string of the molecule is COc1cnc(OCC=O)nc1. The standard InChI is InChI=1S/C7H8N2O3/c1-11-6-4-8-7(9-5-6)12-3-2-10/h2,4-5H,3H2,1H3. The van der Waals surface area contributed by atoms with E-state index in [1.807, 2.05) is 0 Å². The molecular weight excluding hydrogens is 160 g/mol. The van der Waals surface area contributed by atoms with Gasteiger partial charge < -0.3 is 9.47 Å². The van der Waals surface area contributed by atoms with E-state index < -0.39 is 0 Å². The van der Waals surface area contributed by atoms with Gasteiger partial charge in [0.1, 0.15) is 6.61 Å². The Bertz CT molecular complexity index is 247. The molecule has 5 nitrogen and oxygen atoms in total. The second-order valence-electron chi connectivity index (χ2n) is 1.88. The van der Waals surface area contributed by atoms with Crippen molar-refractivity contribution in [3.8, 4) is 11.8 Å². The molecule has 0 saturated heterocycles. The van der Waals surface area contributed by atoms with Gasteiger partial charge in [0.25, 0.3) is 0 Å². The van der Waals surface area contributed by atoms with Crippen LogP contribution < -0.4 is 9.47 Å². The predicted molar refractivity (Wildman–Crippen MR) is 40.1 cm³/mol. The monoisotopic (exact) mass is 168 g/mol. The highest BCUT2D eigenvalue weighted by molar-refractivity contribution is 5.50. The van der Waals surface area contributed by atoms with Crippen LogP contribution in [0.1, 0.15) is 0 Å². The van der Waals surface area contributed by atoms with Gasteiger partial charge in [0.15, 0.2) is 12.0 Å². The first-order valence-electron chi connectivity index (χ1n) is 3.29. The molecule has 0 unspecified atom stereocenters. The van der Waals surface area contributed by atoms with Crippen molar-refractivity contribution in [2.24, 2.45) is 0 Å². The summed E-state index contributed by atoms with van der Waals surface area (Å²) in [5.74, 6) is 0.549. The molecule has 12 heavy (non-hydrogen) atoms. The normalized spacial score (nSPS) is 9.08. The van der Waals surface area contributed by atoms with Gasteiger partial charge in [-0.05, 0) is 0 Å². The molecule has 5 heteroatoms. The molecular formula is C7H8N2O3. The van der Waals surface area contributed by atoms with E-state index in [9.17, 15) is 4.79 Å². The molecule has 64 valence electrons. The van der Waals surface area contributed by atoms with Crippen LogP contribution in [0.15, 0.2) is 12.4 Å². The maximum Gasteiger partial charge on any atom is 0.316 e. The van der Waals surface area contributed by atoms with Gasteiger partial charge in [-0.1, -0.05) is 0 Å². The second kappa shape index (κ2) is 4.27. The molecule has 0 amide bonds. The highest BCUT2D eigenvalue weighted by Crippen LogP contribution is 2.07. The van der Waals surface area contributed by atoms with Crippen LogP contribution in [-0.4, -0.2) is 30.0 Å². The first-order valence-corrected chi connectivity index (χ1v) is 3.29. The topological polar surface area (TPSA) is 61.3 Å². The molecule has 0 fully saturated rings. The van der Waals surface area contributed by atoms with E-state index in [1.165, 1.54) is 19.5 Å². The fourth-order valence-corrected chi connectivity index (χ4v) is 0.593. The third-order valence-electron chi connectivity index (χ3n) is 1.12. The molecule has 0 bridgehead atoms. The lowest BCUT2D eigenvalue weighted by atomic mass is 10.6. The molecule has 1 rings (SSSR count). The molecule has 0 aliphatic carbocycles. The molecule has 1 heterocycles. The predicted octanol–water partition coefficient (Wildman–Crippen LogP) is 0.0629. The summed E-state index contributed by atoms with van der Waals surface area (Å²) in [6, 6.07) is 0.169. The van der Waals surface area contributed by atoms with Gasteiger partial charge in [0.05, 0.1) is 19.5 Å². The van der Waals surface area contributed by atoms with Crippen molar-refractivity contribution in [1.82, 2.24) is 9.97 Å². The molecule has 1 aromatic rings. The Labute approximate surface area is 69.4 Å². The van der Waals surface area contributed by atoms with Gasteiger partial charge in [-0.15, -0.1) is 0 Å². The minimum Gasteiger partial charge on any atom is -0.494 e. The van der Waals surface area contributed by atoms with Crippen LogP contribution in [0.5, 0.6) is 11.8 Å². The lowest BCUT2D eigenvalue weighted by molar-refractivity contribution is -0.109. The van der Waals surface area contributed by atoms with Gasteiger partial charge in [-0.2, -0.15) is 9.97 Å². The van der Waals surface area contributed by atoms with Crippen LogP contribution in [-0.2, 0) is 4.79 Å². The van der Waals surface area contributed by atoms with Crippen molar-refractivity contribution in [2.45, 2.75) is 0 Å². The van der Waals surface area contributed by atoms with Crippen molar-refractivity contribution >= 4 is 6.29 Å². The molecule has 0 radical (unpaired) electrons. The molecule has 1 aromatic heterocycles. The number of carbonyl (C=O) groups is 1. The van der Waals surface area contributed by atoms with Crippen LogP contribution in [0, 0.1) is 0 Å². The van der Waals surface area contributed by atoms with Crippen molar-refractivity contribution in [2.75, 3.05) is 13.7 Å². The minimum absolute atomic E-state index is 0.0354. The number of aldehydes is 1. The molecule has 0 aliphatic rings. The zero-order chi connectivity index (χ0) is 8.81. The number of ether oxygens (including phenoxy) is 2. The van der Waals surface area contributed by atoms with Crippen LogP contribution in [0.25, 0.3) is 0 Å². The zero-order valence-corrected chi connectivity index (χ0v) is 6.56. The summed E-state index contributed by atoms with van der Waals surface area (Å²) in [7, 11) is 1.52. The van der Waals surface area contributed by atoms with E-state index in [0.717, 1.165) is 0 Å². The number of rotatable bonds is 4. The highest BCUT2D eigenvalue weighted by Gasteiger charge is 1.96. The molecule has 0 N–H and O–H groups in total. The molecule has 0 aromatic carbocycles. The van der Waals surface area contributed by atoms with E-state index in [2.05, 4.69) is 9.97 Å². The largest absolute Gasteiger partial charge is 0.494 e. The third kappa shape index (κ3) is 2.19. The summed E-state index contributed by atoms with van der Waals surface area (Å²) in [5.41, 5.74) is 0. The third-order valence-corrected chi connectivity index (χ3v) is 1.12. The van der Waals surface area contributed by atoms with Gasteiger partial charge in [0.2, 0.25) is 0 Å². The van der Waals surface area contributed by atoms with Crippen molar-refractivity contribution < 1.29 is 14.3 Å². The Kier molecular flexibility index (Phi) is 3.01.